The highest BCUT2D eigenvalue weighted by Gasteiger charge is 2.19. The first-order valence-corrected chi connectivity index (χ1v) is 7.67. The van der Waals surface area contributed by atoms with Gasteiger partial charge >= 0.3 is 0 Å². The molecule has 116 valence electrons. The zero-order chi connectivity index (χ0) is 16.0. The zero-order valence-electron chi connectivity index (χ0n) is 12.6. The normalized spacial score (nSPS) is 12.0. The maximum absolute atomic E-state index is 11.9. The monoisotopic (exact) mass is 355 g/mol. The van der Waals surface area contributed by atoms with Crippen molar-refractivity contribution in [3.05, 3.63) is 28.2 Å². The summed E-state index contributed by atoms with van der Waals surface area (Å²) in [6, 6.07) is 5.14. The second-order valence-electron chi connectivity index (χ2n) is 5.46. The molecule has 0 aromatic heterocycles. The predicted octanol–water partition coefficient (Wildman–Crippen LogP) is 2.19. The van der Waals surface area contributed by atoms with Crippen LogP contribution in [0.3, 0.4) is 0 Å². The number of primary amides is 1. The summed E-state index contributed by atoms with van der Waals surface area (Å²) in [6.45, 7) is 6.01. The fourth-order valence-corrected chi connectivity index (χ4v) is 2.44. The average molecular weight is 356 g/mol. The minimum atomic E-state index is -0.620. The first-order valence-electron chi connectivity index (χ1n) is 6.88. The molecule has 0 radical (unpaired) electrons. The van der Waals surface area contributed by atoms with Crippen molar-refractivity contribution >= 4 is 33.4 Å². The largest absolute Gasteiger partial charge is 0.376 e. The van der Waals surface area contributed by atoms with Crippen molar-refractivity contribution in [2.75, 3.05) is 11.9 Å². The van der Waals surface area contributed by atoms with Crippen molar-refractivity contribution in [1.29, 1.82) is 0 Å². The van der Waals surface area contributed by atoms with Gasteiger partial charge in [-0.05, 0) is 43.0 Å². The second-order valence-corrected chi connectivity index (χ2v) is 6.38. The molecule has 0 spiro atoms. The van der Waals surface area contributed by atoms with Crippen molar-refractivity contribution in [3.8, 4) is 0 Å². The van der Waals surface area contributed by atoms with E-state index in [1.54, 1.807) is 0 Å². The molecular formula is C15H22BrN3O2. The molecule has 0 bridgehead atoms. The number of benzene rings is 1. The molecule has 2 amide bonds. The Labute approximate surface area is 133 Å². The number of aryl methyl sites for hydroxylation is 1. The lowest BCUT2D eigenvalue weighted by Crippen LogP contribution is -2.47. The number of carbonyl (C=O) groups excluding carboxylic acids is 2. The molecule has 0 saturated carbocycles. The number of hydrogen-bond acceptors (Lipinski definition) is 3. The van der Waals surface area contributed by atoms with Gasteiger partial charge in [0, 0.05) is 10.2 Å². The smallest absolute Gasteiger partial charge is 0.240 e. The van der Waals surface area contributed by atoms with E-state index in [1.807, 2.05) is 39.0 Å². The van der Waals surface area contributed by atoms with E-state index in [9.17, 15) is 9.59 Å². The molecule has 0 fully saturated rings. The lowest BCUT2D eigenvalue weighted by Gasteiger charge is -2.18. The van der Waals surface area contributed by atoms with Crippen LogP contribution in [0.5, 0.6) is 0 Å². The molecule has 6 heteroatoms. The number of amides is 2. The molecule has 0 saturated heterocycles. The molecule has 1 aromatic carbocycles. The van der Waals surface area contributed by atoms with Gasteiger partial charge < -0.3 is 16.4 Å². The number of halogens is 1. The summed E-state index contributed by atoms with van der Waals surface area (Å²) in [6.07, 6.45) is 0.540. The summed E-state index contributed by atoms with van der Waals surface area (Å²) in [4.78, 5) is 23.2. The van der Waals surface area contributed by atoms with Crippen LogP contribution in [-0.2, 0) is 9.59 Å². The molecule has 1 atom stereocenters. The van der Waals surface area contributed by atoms with Crippen LogP contribution in [0.1, 0.15) is 25.8 Å². The lowest BCUT2D eigenvalue weighted by molar-refractivity contribution is -0.126. The van der Waals surface area contributed by atoms with Gasteiger partial charge in [-0.1, -0.05) is 29.8 Å². The number of carbonyl (C=O) groups is 2. The summed E-state index contributed by atoms with van der Waals surface area (Å²) >= 11 is 3.39. The molecule has 0 aliphatic heterocycles. The van der Waals surface area contributed by atoms with Gasteiger partial charge in [0.25, 0.3) is 0 Å². The van der Waals surface area contributed by atoms with Crippen LogP contribution < -0.4 is 16.4 Å². The van der Waals surface area contributed by atoms with Crippen molar-refractivity contribution in [3.63, 3.8) is 0 Å². The topological polar surface area (TPSA) is 84.2 Å². The number of hydrogen-bond donors (Lipinski definition) is 3. The highest BCUT2D eigenvalue weighted by molar-refractivity contribution is 9.10. The van der Waals surface area contributed by atoms with E-state index in [4.69, 9.17) is 5.73 Å². The molecular weight excluding hydrogens is 334 g/mol. The Bertz CT molecular complexity index is 518. The van der Waals surface area contributed by atoms with E-state index in [1.165, 1.54) is 0 Å². The standard InChI is InChI=1S/C15H22BrN3O2/c1-9(2)6-13(15(17)21)19-14(20)8-18-12-5-4-11(16)7-10(12)3/h4-5,7,9,13,18H,6,8H2,1-3H3,(H2,17,21)(H,19,20). The van der Waals surface area contributed by atoms with Crippen molar-refractivity contribution in [2.24, 2.45) is 11.7 Å². The first-order chi connectivity index (χ1) is 9.79. The molecule has 1 aromatic rings. The zero-order valence-corrected chi connectivity index (χ0v) is 14.2. The van der Waals surface area contributed by atoms with Crippen LogP contribution in [0.15, 0.2) is 22.7 Å². The summed E-state index contributed by atoms with van der Waals surface area (Å²) < 4.78 is 0.987. The van der Waals surface area contributed by atoms with Crippen molar-refractivity contribution < 1.29 is 9.59 Å². The van der Waals surface area contributed by atoms with Gasteiger partial charge in [-0.25, -0.2) is 0 Å². The summed E-state index contributed by atoms with van der Waals surface area (Å²) in [7, 11) is 0. The number of nitrogens with two attached hydrogens (primary N) is 1. The van der Waals surface area contributed by atoms with E-state index < -0.39 is 11.9 Å². The fraction of sp³-hybridized carbons (Fsp3) is 0.467. The minimum absolute atomic E-state index is 0.102. The molecule has 0 aliphatic carbocycles. The van der Waals surface area contributed by atoms with E-state index in [-0.39, 0.29) is 18.4 Å². The SMILES string of the molecule is Cc1cc(Br)ccc1NCC(=O)NC(CC(C)C)C(N)=O. The van der Waals surface area contributed by atoms with E-state index in [2.05, 4.69) is 26.6 Å². The van der Waals surface area contributed by atoms with Gasteiger partial charge in [-0.3, -0.25) is 9.59 Å². The molecule has 5 nitrogen and oxygen atoms in total. The van der Waals surface area contributed by atoms with Gasteiger partial charge in [0.15, 0.2) is 0 Å². The first kappa shape index (κ1) is 17.5. The molecule has 21 heavy (non-hydrogen) atoms. The Kier molecular flexibility index (Phi) is 6.68. The predicted molar refractivity (Wildman–Crippen MR) is 87.9 cm³/mol. The van der Waals surface area contributed by atoms with Crippen molar-refractivity contribution in [2.45, 2.75) is 33.2 Å². The molecule has 0 aliphatic rings. The summed E-state index contributed by atoms with van der Waals surface area (Å²) in [5.41, 5.74) is 7.22. The maximum Gasteiger partial charge on any atom is 0.240 e. The van der Waals surface area contributed by atoms with Gasteiger partial charge in [0.2, 0.25) is 11.8 Å². The highest BCUT2D eigenvalue weighted by Crippen LogP contribution is 2.19. The van der Waals surface area contributed by atoms with E-state index >= 15 is 0 Å². The van der Waals surface area contributed by atoms with E-state index in [0.717, 1.165) is 15.7 Å². The Morgan fingerprint density at radius 2 is 2.00 bits per heavy atom. The van der Waals surface area contributed by atoms with Crippen LogP contribution >= 0.6 is 15.9 Å². The third-order valence-electron chi connectivity index (χ3n) is 3.01. The van der Waals surface area contributed by atoms with Crippen LogP contribution in [-0.4, -0.2) is 24.4 Å². The van der Waals surface area contributed by atoms with Gasteiger partial charge in [0.05, 0.1) is 6.54 Å². The second kappa shape index (κ2) is 8.02. The fourth-order valence-electron chi connectivity index (χ4n) is 1.96. The van der Waals surface area contributed by atoms with Gasteiger partial charge in [-0.15, -0.1) is 0 Å². The Morgan fingerprint density at radius 3 is 2.52 bits per heavy atom. The van der Waals surface area contributed by atoms with Crippen molar-refractivity contribution in [1.82, 2.24) is 5.32 Å². The van der Waals surface area contributed by atoms with Gasteiger partial charge in [-0.2, -0.15) is 0 Å². The third-order valence-corrected chi connectivity index (χ3v) is 3.51. The van der Waals surface area contributed by atoms with Gasteiger partial charge in [0.1, 0.15) is 6.04 Å². The van der Waals surface area contributed by atoms with Crippen LogP contribution in [0, 0.1) is 12.8 Å². The Hall–Kier alpha value is -1.56. The summed E-state index contributed by atoms with van der Waals surface area (Å²) in [5.74, 6) is -0.469. The summed E-state index contributed by atoms with van der Waals surface area (Å²) in [5, 5.41) is 5.72. The average Bonchev–Trinajstić information content (AvgIpc) is 2.36. The Morgan fingerprint density at radius 1 is 1.33 bits per heavy atom. The number of nitrogens with one attached hydrogen (secondary N) is 2. The Balaban J connectivity index is 2.54. The molecule has 1 rings (SSSR count). The highest BCUT2D eigenvalue weighted by atomic mass is 79.9. The molecule has 4 N–H and O–H groups in total. The van der Waals surface area contributed by atoms with Crippen LogP contribution in [0.25, 0.3) is 0 Å². The molecule has 0 heterocycles. The van der Waals surface area contributed by atoms with E-state index in [0.29, 0.717) is 6.42 Å². The maximum atomic E-state index is 11.9. The quantitative estimate of drug-likeness (QED) is 0.700. The number of anilines is 1. The van der Waals surface area contributed by atoms with Crippen LogP contribution in [0.4, 0.5) is 5.69 Å². The third kappa shape index (κ3) is 6.16. The minimum Gasteiger partial charge on any atom is -0.376 e. The molecule has 1 unspecified atom stereocenters. The lowest BCUT2D eigenvalue weighted by atomic mass is 10.0. The number of rotatable bonds is 7. The van der Waals surface area contributed by atoms with Crippen LogP contribution in [0.2, 0.25) is 0 Å².